The number of hydrogen-bond donors (Lipinski definition) is 1. The number of nitrogens with one attached hydrogen (secondary N) is 1. The van der Waals surface area contributed by atoms with Crippen molar-refractivity contribution in [1.29, 1.82) is 0 Å². The molecule has 6 nitrogen and oxygen atoms in total. The van der Waals surface area contributed by atoms with E-state index in [4.69, 9.17) is 4.74 Å². The van der Waals surface area contributed by atoms with Gasteiger partial charge in [0.05, 0.1) is 11.4 Å². The molecular formula is C23H26BrFN4O2S. The standard InChI is InChI=1S/C23H26BrFN4O2S/c1-5-29-22(15(4)31-18-9-6-16(7-10-18)14(2)3)27-28-23(29)32-13-21(30)26-20-11-8-17(24)12-19(20)25/h6-12,14-15H,5,13H2,1-4H3,(H,26,30). The van der Waals surface area contributed by atoms with Crippen LogP contribution in [0.4, 0.5) is 10.1 Å². The van der Waals surface area contributed by atoms with E-state index in [9.17, 15) is 9.18 Å². The van der Waals surface area contributed by atoms with Gasteiger partial charge in [0.1, 0.15) is 11.6 Å². The van der Waals surface area contributed by atoms with Gasteiger partial charge in [0.15, 0.2) is 17.1 Å². The third-order valence-corrected chi connectivity index (χ3v) is 6.28. The van der Waals surface area contributed by atoms with Gasteiger partial charge in [0, 0.05) is 11.0 Å². The second-order valence-corrected chi connectivity index (χ2v) is 9.39. The Morgan fingerprint density at radius 2 is 1.91 bits per heavy atom. The number of amides is 1. The molecule has 0 saturated heterocycles. The first-order chi connectivity index (χ1) is 15.3. The maximum absolute atomic E-state index is 13.9. The maximum Gasteiger partial charge on any atom is 0.234 e. The number of halogens is 2. The van der Waals surface area contributed by atoms with Crippen LogP contribution in [0.25, 0.3) is 0 Å². The number of hydrogen-bond acceptors (Lipinski definition) is 5. The second-order valence-electron chi connectivity index (χ2n) is 7.53. The summed E-state index contributed by atoms with van der Waals surface area (Å²) in [5.74, 6) is 1.17. The summed E-state index contributed by atoms with van der Waals surface area (Å²) in [6.45, 7) is 8.84. The fourth-order valence-electron chi connectivity index (χ4n) is 3.10. The van der Waals surface area contributed by atoms with E-state index < -0.39 is 5.82 Å². The zero-order valence-corrected chi connectivity index (χ0v) is 20.8. The Labute approximate surface area is 200 Å². The monoisotopic (exact) mass is 520 g/mol. The zero-order chi connectivity index (χ0) is 23.3. The Balaban J connectivity index is 1.62. The number of carbonyl (C=O) groups excluding carboxylic acids is 1. The minimum Gasteiger partial charge on any atom is -0.483 e. The fraction of sp³-hybridized carbons (Fsp3) is 0.348. The normalized spacial score (nSPS) is 12.1. The van der Waals surface area contributed by atoms with Crippen LogP contribution in [-0.4, -0.2) is 26.4 Å². The van der Waals surface area contributed by atoms with Crippen LogP contribution < -0.4 is 10.1 Å². The van der Waals surface area contributed by atoms with Gasteiger partial charge in [-0.15, -0.1) is 10.2 Å². The Kier molecular flexibility index (Phi) is 8.31. The number of nitrogens with zero attached hydrogens (tertiary/aromatic N) is 3. The Morgan fingerprint density at radius 3 is 2.53 bits per heavy atom. The van der Waals surface area contributed by atoms with Gasteiger partial charge in [-0.2, -0.15) is 0 Å². The lowest BCUT2D eigenvalue weighted by molar-refractivity contribution is -0.113. The lowest BCUT2D eigenvalue weighted by Gasteiger charge is -2.16. The first kappa shape index (κ1) is 24.3. The minimum absolute atomic E-state index is 0.0829. The molecule has 1 amide bonds. The molecule has 1 heterocycles. The second kappa shape index (κ2) is 11.0. The molecule has 170 valence electrons. The molecule has 3 rings (SSSR count). The van der Waals surface area contributed by atoms with Gasteiger partial charge in [-0.3, -0.25) is 4.79 Å². The van der Waals surface area contributed by atoms with Crippen molar-refractivity contribution >= 4 is 39.3 Å². The highest BCUT2D eigenvalue weighted by atomic mass is 79.9. The lowest BCUT2D eigenvalue weighted by atomic mass is 10.0. The summed E-state index contributed by atoms with van der Waals surface area (Å²) in [7, 11) is 0. The largest absolute Gasteiger partial charge is 0.483 e. The average Bonchev–Trinajstić information content (AvgIpc) is 3.17. The van der Waals surface area contributed by atoms with Crippen molar-refractivity contribution in [3.05, 3.63) is 64.1 Å². The van der Waals surface area contributed by atoms with Gasteiger partial charge in [-0.1, -0.05) is 53.7 Å². The van der Waals surface area contributed by atoms with Crippen LogP contribution in [0.1, 0.15) is 51.1 Å². The quantitative estimate of drug-likeness (QED) is 0.340. The van der Waals surface area contributed by atoms with Crippen LogP contribution in [0, 0.1) is 5.82 Å². The van der Waals surface area contributed by atoms with E-state index in [1.54, 1.807) is 6.07 Å². The van der Waals surface area contributed by atoms with Crippen molar-refractivity contribution in [1.82, 2.24) is 14.8 Å². The van der Waals surface area contributed by atoms with Crippen LogP contribution in [-0.2, 0) is 11.3 Å². The van der Waals surface area contributed by atoms with Gasteiger partial charge in [-0.05, 0) is 55.7 Å². The Morgan fingerprint density at radius 1 is 1.19 bits per heavy atom. The van der Waals surface area contributed by atoms with E-state index in [0.717, 1.165) is 5.75 Å². The van der Waals surface area contributed by atoms with Crippen LogP contribution >= 0.6 is 27.7 Å². The molecule has 1 atom stereocenters. The Bertz CT molecular complexity index is 1070. The van der Waals surface area contributed by atoms with Crippen molar-refractivity contribution in [3.8, 4) is 5.75 Å². The van der Waals surface area contributed by atoms with E-state index in [0.29, 0.717) is 27.9 Å². The SMILES string of the molecule is CCn1c(SCC(=O)Nc2ccc(Br)cc2F)nnc1C(C)Oc1ccc(C(C)C)cc1. The fourth-order valence-corrected chi connectivity index (χ4v) is 4.24. The highest BCUT2D eigenvalue weighted by molar-refractivity contribution is 9.10. The van der Waals surface area contributed by atoms with Gasteiger partial charge in [0.2, 0.25) is 5.91 Å². The molecule has 1 aromatic heterocycles. The van der Waals surface area contributed by atoms with E-state index in [1.807, 2.05) is 30.5 Å². The molecule has 0 spiro atoms. The number of anilines is 1. The third-order valence-electron chi connectivity index (χ3n) is 4.82. The van der Waals surface area contributed by atoms with Crippen molar-refractivity contribution in [2.45, 2.75) is 51.4 Å². The maximum atomic E-state index is 13.9. The molecule has 0 aliphatic heterocycles. The summed E-state index contributed by atoms with van der Waals surface area (Å²) in [5.41, 5.74) is 1.39. The van der Waals surface area contributed by atoms with Crippen molar-refractivity contribution in [2.24, 2.45) is 0 Å². The molecule has 0 bridgehead atoms. The molecule has 32 heavy (non-hydrogen) atoms. The van der Waals surface area contributed by atoms with E-state index in [-0.39, 0.29) is 23.5 Å². The predicted molar refractivity (Wildman–Crippen MR) is 129 cm³/mol. The molecule has 0 aliphatic carbocycles. The van der Waals surface area contributed by atoms with Crippen molar-refractivity contribution in [3.63, 3.8) is 0 Å². The number of aromatic nitrogens is 3. The summed E-state index contributed by atoms with van der Waals surface area (Å²) in [6.07, 6.45) is -0.313. The molecular weight excluding hydrogens is 495 g/mol. The summed E-state index contributed by atoms with van der Waals surface area (Å²) in [4.78, 5) is 12.3. The van der Waals surface area contributed by atoms with E-state index in [2.05, 4.69) is 57.4 Å². The van der Waals surface area contributed by atoms with Gasteiger partial charge < -0.3 is 14.6 Å². The smallest absolute Gasteiger partial charge is 0.234 e. The summed E-state index contributed by atoms with van der Waals surface area (Å²) >= 11 is 4.45. The average molecular weight is 521 g/mol. The molecule has 0 aliphatic rings. The summed E-state index contributed by atoms with van der Waals surface area (Å²) in [5, 5.41) is 11.7. The number of ether oxygens (including phenoxy) is 1. The topological polar surface area (TPSA) is 69.0 Å². The summed E-state index contributed by atoms with van der Waals surface area (Å²) in [6, 6.07) is 12.5. The molecule has 0 fully saturated rings. The highest BCUT2D eigenvalue weighted by Gasteiger charge is 2.20. The molecule has 0 saturated carbocycles. The van der Waals surface area contributed by atoms with Gasteiger partial charge >= 0.3 is 0 Å². The molecule has 1 unspecified atom stereocenters. The first-order valence-electron chi connectivity index (χ1n) is 10.4. The number of thioether (sulfide) groups is 1. The summed E-state index contributed by atoms with van der Waals surface area (Å²) < 4.78 is 22.5. The Hall–Kier alpha value is -2.39. The van der Waals surface area contributed by atoms with Crippen LogP contribution in [0.15, 0.2) is 52.1 Å². The minimum atomic E-state index is -0.496. The van der Waals surface area contributed by atoms with Gasteiger partial charge in [-0.25, -0.2) is 4.39 Å². The molecule has 1 N–H and O–H groups in total. The van der Waals surface area contributed by atoms with Crippen LogP contribution in [0.5, 0.6) is 5.75 Å². The molecule has 2 aromatic carbocycles. The third kappa shape index (κ3) is 6.10. The van der Waals surface area contributed by atoms with Crippen molar-refractivity contribution < 1.29 is 13.9 Å². The van der Waals surface area contributed by atoms with Crippen LogP contribution in [0.3, 0.4) is 0 Å². The van der Waals surface area contributed by atoms with E-state index >= 15 is 0 Å². The number of carbonyl (C=O) groups is 1. The van der Waals surface area contributed by atoms with Crippen molar-refractivity contribution in [2.75, 3.05) is 11.1 Å². The molecule has 3 aromatic rings. The van der Waals surface area contributed by atoms with Gasteiger partial charge in [0.25, 0.3) is 0 Å². The molecule has 0 radical (unpaired) electrons. The predicted octanol–water partition coefficient (Wildman–Crippen LogP) is 6.19. The van der Waals surface area contributed by atoms with E-state index in [1.165, 1.54) is 29.5 Å². The number of benzene rings is 2. The lowest BCUT2D eigenvalue weighted by Crippen LogP contribution is -2.16. The highest BCUT2D eigenvalue weighted by Crippen LogP contribution is 2.26. The first-order valence-corrected chi connectivity index (χ1v) is 12.1. The zero-order valence-electron chi connectivity index (χ0n) is 18.4. The number of rotatable bonds is 9. The molecule has 9 heteroatoms. The van der Waals surface area contributed by atoms with Crippen LogP contribution in [0.2, 0.25) is 0 Å².